The first-order chi connectivity index (χ1) is 8.66. The van der Waals surface area contributed by atoms with E-state index in [-0.39, 0.29) is 25.2 Å². The van der Waals surface area contributed by atoms with Crippen molar-refractivity contribution < 1.29 is 23.0 Å². The Kier molecular flexibility index (Phi) is 4.38. The van der Waals surface area contributed by atoms with Gasteiger partial charge < -0.3 is 9.47 Å². The number of rotatable bonds is 4. The first-order valence-corrected chi connectivity index (χ1v) is 5.80. The van der Waals surface area contributed by atoms with Crippen LogP contribution >= 0.6 is 0 Å². The number of carbonyl (C=O) groups is 1. The van der Waals surface area contributed by atoms with Gasteiger partial charge in [-0.2, -0.15) is 0 Å². The molecule has 0 spiro atoms. The quantitative estimate of drug-likeness (QED) is 0.777. The molecule has 0 aromatic heterocycles. The van der Waals surface area contributed by atoms with Crippen molar-refractivity contribution in [2.45, 2.75) is 31.7 Å². The normalized spacial score (nSPS) is 25.7. The lowest BCUT2D eigenvalue weighted by Gasteiger charge is -2.27. The van der Waals surface area contributed by atoms with E-state index in [1.165, 1.54) is 0 Å². The maximum absolute atomic E-state index is 13.8. The molecule has 3 atom stereocenters. The Hall–Kier alpha value is -1.33. The summed E-state index contributed by atoms with van der Waals surface area (Å²) in [5, 5.41) is 0. The molecule has 1 heterocycles. The van der Waals surface area contributed by atoms with Crippen LogP contribution in [-0.4, -0.2) is 31.2 Å². The van der Waals surface area contributed by atoms with E-state index in [0.717, 1.165) is 0 Å². The van der Waals surface area contributed by atoms with E-state index < -0.39 is 18.8 Å². The van der Waals surface area contributed by atoms with Crippen LogP contribution in [0.3, 0.4) is 0 Å². The Morgan fingerprint density at radius 2 is 2.11 bits per heavy atom. The van der Waals surface area contributed by atoms with Crippen molar-refractivity contribution in [3.63, 3.8) is 0 Å². The minimum atomic E-state index is -1.66. The van der Waals surface area contributed by atoms with Gasteiger partial charge in [0.1, 0.15) is 0 Å². The molecule has 1 aromatic carbocycles. The minimum Gasteiger partial charge on any atom is -0.349 e. The third-order valence-electron chi connectivity index (χ3n) is 2.68. The van der Waals surface area contributed by atoms with Crippen LogP contribution < -0.4 is 0 Å². The van der Waals surface area contributed by atoms with Crippen LogP contribution in [0.25, 0.3) is 0 Å². The van der Waals surface area contributed by atoms with E-state index in [4.69, 9.17) is 4.74 Å². The summed E-state index contributed by atoms with van der Waals surface area (Å²) in [6.45, 7) is 0.103. The van der Waals surface area contributed by atoms with Crippen molar-refractivity contribution in [2.75, 3.05) is 6.61 Å². The Morgan fingerprint density at radius 1 is 1.39 bits per heavy atom. The summed E-state index contributed by atoms with van der Waals surface area (Å²) in [5.74, 6) is -0.351. The van der Waals surface area contributed by atoms with Gasteiger partial charge in [-0.05, 0) is 0 Å². The molecule has 18 heavy (non-hydrogen) atoms. The van der Waals surface area contributed by atoms with Crippen molar-refractivity contribution in [1.82, 2.24) is 0 Å². The van der Waals surface area contributed by atoms with Crippen molar-refractivity contribution in [2.24, 2.45) is 0 Å². The summed E-state index contributed by atoms with van der Waals surface area (Å²) in [5.41, 5.74) is 0.424. The molecule has 0 bridgehead atoms. The standard InChI is InChI=1S/C13H14F2O3/c14-10(13-17-7-6-12(15)18-13)8-11(16)9-4-2-1-3-5-9/h1-5,10,12-13H,6-8H2. The van der Waals surface area contributed by atoms with Gasteiger partial charge >= 0.3 is 0 Å². The van der Waals surface area contributed by atoms with Gasteiger partial charge in [0.15, 0.2) is 18.2 Å². The Morgan fingerprint density at radius 3 is 2.78 bits per heavy atom. The Bertz CT molecular complexity index is 396. The van der Waals surface area contributed by atoms with Crippen molar-refractivity contribution in [3.05, 3.63) is 35.9 Å². The number of hydrogen-bond acceptors (Lipinski definition) is 3. The number of ether oxygens (including phenoxy) is 2. The largest absolute Gasteiger partial charge is 0.349 e. The van der Waals surface area contributed by atoms with Crippen LogP contribution in [0.1, 0.15) is 23.2 Å². The highest BCUT2D eigenvalue weighted by atomic mass is 19.1. The summed E-state index contributed by atoms with van der Waals surface area (Å²) < 4.78 is 36.3. The molecule has 0 N–H and O–H groups in total. The monoisotopic (exact) mass is 256 g/mol. The highest BCUT2D eigenvalue weighted by molar-refractivity contribution is 5.96. The zero-order chi connectivity index (χ0) is 13.0. The minimum absolute atomic E-state index is 0.0931. The predicted octanol–water partition coefficient (Wildman–Crippen LogP) is 2.66. The third-order valence-corrected chi connectivity index (χ3v) is 2.68. The fourth-order valence-corrected chi connectivity index (χ4v) is 1.73. The number of alkyl halides is 2. The maximum Gasteiger partial charge on any atom is 0.203 e. The molecule has 1 aromatic rings. The Balaban J connectivity index is 1.91. The maximum atomic E-state index is 13.8. The first kappa shape index (κ1) is 13.1. The molecular weight excluding hydrogens is 242 g/mol. The number of halogens is 2. The van der Waals surface area contributed by atoms with Gasteiger partial charge in [0.2, 0.25) is 6.36 Å². The number of Topliss-reactive ketones (excluding diaryl/α,β-unsaturated/α-hetero) is 1. The van der Waals surface area contributed by atoms with Crippen LogP contribution in [-0.2, 0) is 9.47 Å². The first-order valence-electron chi connectivity index (χ1n) is 5.80. The summed E-state index contributed by atoms with van der Waals surface area (Å²) in [4.78, 5) is 11.7. The molecule has 2 rings (SSSR count). The zero-order valence-electron chi connectivity index (χ0n) is 9.72. The van der Waals surface area contributed by atoms with E-state index in [2.05, 4.69) is 4.74 Å². The van der Waals surface area contributed by atoms with E-state index in [1.807, 2.05) is 0 Å². The lowest BCUT2D eigenvalue weighted by atomic mass is 10.1. The van der Waals surface area contributed by atoms with E-state index in [9.17, 15) is 13.6 Å². The smallest absolute Gasteiger partial charge is 0.203 e. The van der Waals surface area contributed by atoms with Crippen LogP contribution in [0.5, 0.6) is 0 Å². The number of benzene rings is 1. The Labute approximate surface area is 104 Å². The second-order valence-corrected chi connectivity index (χ2v) is 4.08. The lowest BCUT2D eigenvalue weighted by Crippen LogP contribution is -2.37. The molecule has 3 unspecified atom stereocenters. The topological polar surface area (TPSA) is 35.5 Å². The van der Waals surface area contributed by atoms with Gasteiger partial charge in [0.25, 0.3) is 0 Å². The van der Waals surface area contributed by atoms with Gasteiger partial charge in [0.05, 0.1) is 6.61 Å². The zero-order valence-corrected chi connectivity index (χ0v) is 9.72. The van der Waals surface area contributed by atoms with Gasteiger partial charge in [-0.25, -0.2) is 8.78 Å². The molecule has 5 heteroatoms. The summed E-state index contributed by atoms with van der Waals surface area (Å²) in [6, 6.07) is 8.38. The average Bonchev–Trinajstić information content (AvgIpc) is 2.39. The van der Waals surface area contributed by atoms with Crippen LogP contribution in [0.4, 0.5) is 8.78 Å². The molecule has 1 saturated heterocycles. The van der Waals surface area contributed by atoms with E-state index in [0.29, 0.717) is 5.56 Å². The molecular formula is C13H14F2O3. The highest BCUT2D eigenvalue weighted by Crippen LogP contribution is 2.21. The number of ketones is 1. The fourth-order valence-electron chi connectivity index (χ4n) is 1.73. The molecule has 3 nitrogen and oxygen atoms in total. The summed E-state index contributed by atoms with van der Waals surface area (Å²) in [6.07, 6.45) is -4.75. The van der Waals surface area contributed by atoms with Crippen LogP contribution in [0.2, 0.25) is 0 Å². The second-order valence-electron chi connectivity index (χ2n) is 4.08. The number of carbonyl (C=O) groups excluding carboxylic acids is 1. The van der Waals surface area contributed by atoms with E-state index in [1.54, 1.807) is 30.3 Å². The summed E-state index contributed by atoms with van der Waals surface area (Å²) in [7, 11) is 0. The van der Waals surface area contributed by atoms with Crippen LogP contribution in [0, 0.1) is 0 Å². The second kappa shape index (κ2) is 6.02. The molecule has 0 saturated carbocycles. The SMILES string of the molecule is O=C(CC(F)C1OCCC(F)O1)c1ccccc1. The van der Waals surface area contributed by atoms with Crippen molar-refractivity contribution >= 4 is 5.78 Å². The highest BCUT2D eigenvalue weighted by Gasteiger charge is 2.31. The molecule has 1 aliphatic heterocycles. The van der Waals surface area contributed by atoms with E-state index >= 15 is 0 Å². The number of hydrogen-bond donors (Lipinski definition) is 0. The fraction of sp³-hybridized carbons (Fsp3) is 0.462. The molecule has 0 amide bonds. The molecule has 0 aliphatic carbocycles. The summed E-state index contributed by atoms with van der Waals surface area (Å²) >= 11 is 0. The van der Waals surface area contributed by atoms with Crippen molar-refractivity contribution in [1.29, 1.82) is 0 Å². The van der Waals surface area contributed by atoms with Gasteiger partial charge in [-0.3, -0.25) is 4.79 Å². The lowest BCUT2D eigenvalue weighted by molar-refractivity contribution is -0.266. The third kappa shape index (κ3) is 3.34. The van der Waals surface area contributed by atoms with Gasteiger partial charge in [0, 0.05) is 18.4 Å². The van der Waals surface area contributed by atoms with Crippen molar-refractivity contribution in [3.8, 4) is 0 Å². The molecule has 1 aliphatic rings. The van der Waals surface area contributed by atoms with Gasteiger partial charge in [-0.1, -0.05) is 30.3 Å². The average molecular weight is 256 g/mol. The molecule has 1 fully saturated rings. The van der Waals surface area contributed by atoms with Gasteiger partial charge in [-0.15, -0.1) is 0 Å². The van der Waals surface area contributed by atoms with Crippen LogP contribution in [0.15, 0.2) is 30.3 Å². The predicted molar refractivity (Wildman–Crippen MR) is 60.6 cm³/mol. The molecule has 98 valence electrons. The molecule has 0 radical (unpaired) electrons.